The fraction of sp³-hybridized carbons (Fsp3) is 0.438. The van der Waals surface area contributed by atoms with Gasteiger partial charge in [0.15, 0.2) is 11.0 Å². The van der Waals surface area contributed by atoms with Gasteiger partial charge < -0.3 is 31.6 Å². The fourth-order valence-corrected chi connectivity index (χ4v) is 2.76. The van der Waals surface area contributed by atoms with E-state index in [1.165, 1.54) is 4.90 Å². The van der Waals surface area contributed by atoms with Crippen LogP contribution in [0.5, 0.6) is 5.75 Å². The molecule has 2 aromatic rings. The molecule has 1 aliphatic heterocycles. The van der Waals surface area contributed by atoms with Gasteiger partial charge in [-0.3, -0.25) is 4.79 Å². The van der Waals surface area contributed by atoms with Crippen molar-refractivity contribution >= 4 is 11.0 Å². The summed E-state index contributed by atoms with van der Waals surface area (Å²) in [6.45, 7) is 7.42. The number of morpholine rings is 1. The highest BCUT2D eigenvalue weighted by Crippen LogP contribution is 2.26. The minimum absolute atomic E-state index is 0. The summed E-state index contributed by atoms with van der Waals surface area (Å²) in [4.78, 5) is 13.7. The minimum Gasteiger partial charge on any atom is -1.00 e. The van der Waals surface area contributed by atoms with Crippen molar-refractivity contribution in [1.82, 2.24) is 0 Å². The summed E-state index contributed by atoms with van der Waals surface area (Å²) in [5.74, 6) is 0.796. The first-order chi connectivity index (χ1) is 10.1. The molecule has 1 aromatic heterocycles. The van der Waals surface area contributed by atoms with Gasteiger partial charge in [-0.2, -0.15) is 0 Å². The summed E-state index contributed by atoms with van der Waals surface area (Å²) in [5.41, 5.74) is 1.83. The highest BCUT2D eigenvalue weighted by atomic mass is 35.5. The zero-order valence-corrected chi connectivity index (χ0v) is 13.5. The number of halogens is 1. The second-order valence-electron chi connectivity index (χ2n) is 5.59. The molecule has 5 nitrogen and oxygen atoms in total. The van der Waals surface area contributed by atoms with Crippen molar-refractivity contribution in [3.63, 3.8) is 0 Å². The van der Waals surface area contributed by atoms with Gasteiger partial charge in [0.2, 0.25) is 0 Å². The number of quaternary nitrogens is 1. The van der Waals surface area contributed by atoms with E-state index in [2.05, 4.69) is 0 Å². The summed E-state index contributed by atoms with van der Waals surface area (Å²) < 4.78 is 11.2. The summed E-state index contributed by atoms with van der Waals surface area (Å²) in [6, 6.07) is 3.23. The Morgan fingerprint density at radius 3 is 2.59 bits per heavy atom. The monoisotopic (exact) mass is 325 g/mol. The highest BCUT2D eigenvalue weighted by molar-refractivity contribution is 5.82. The summed E-state index contributed by atoms with van der Waals surface area (Å²) in [5, 5.41) is 10.7. The number of benzene rings is 1. The van der Waals surface area contributed by atoms with E-state index in [0.717, 1.165) is 26.3 Å². The molecule has 1 aromatic carbocycles. The topological polar surface area (TPSA) is 64.1 Å². The number of hydrogen-bond donors (Lipinski definition) is 2. The van der Waals surface area contributed by atoms with E-state index in [1.54, 1.807) is 26.0 Å². The molecule has 0 amide bonds. The third kappa shape index (κ3) is 2.97. The maximum absolute atomic E-state index is 12.3. The third-order valence-electron chi connectivity index (χ3n) is 4.23. The summed E-state index contributed by atoms with van der Waals surface area (Å²) >= 11 is 0. The molecule has 0 saturated carbocycles. The number of aryl methyl sites for hydroxylation is 1. The normalized spacial score (nSPS) is 15.7. The van der Waals surface area contributed by atoms with E-state index < -0.39 is 0 Å². The van der Waals surface area contributed by atoms with Crippen LogP contribution in [-0.4, -0.2) is 31.4 Å². The van der Waals surface area contributed by atoms with Crippen molar-refractivity contribution in [3.8, 4) is 5.75 Å². The van der Waals surface area contributed by atoms with Gasteiger partial charge >= 0.3 is 0 Å². The fourth-order valence-electron chi connectivity index (χ4n) is 2.76. The molecular formula is C16H20ClNO4. The van der Waals surface area contributed by atoms with Gasteiger partial charge in [0, 0.05) is 5.56 Å². The standard InChI is InChI=1S/C16H19NO4.ClH/c1-10-11(2)21-16-12(15(10)19)3-4-14(18)13(16)9-17-5-7-20-8-6-17;/h3-4,18H,5-9H2,1-2H3;1H. The van der Waals surface area contributed by atoms with Gasteiger partial charge in [0.05, 0.1) is 24.2 Å². The van der Waals surface area contributed by atoms with Crippen molar-refractivity contribution in [2.45, 2.75) is 20.4 Å². The molecule has 0 spiro atoms. The van der Waals surface area contributed by atoms with E-state index in [0.29, 0.717) is 34.4 Å². The lowest BCUT2D eigenvalue weighted by Gasteiger charge is -2.24. The van der Waals surface area contributed by atoms with Crippen LogP contribution in [0.25, 0.3) is 11.0 Å². The molecule has 1 fully saturated rings. The van der Waals surface area contributed by atoms with Crippen LogP contribution in [0.2, 0.25) is 0 Å². The van der Waals surface area contributed by atoms with Gasteiger partial charge in [-0.25, -0.2) is 0 Å². The highest BCUT2D eigenvalue weighted by Gasteiger charge is 2.21. The van der Waals surface area contributed by atoms with Gasteiger partial charge in [0.1, 0.15) is 31.1 Å². The van der Waals surface area contributed by atoms with E-state index >= 15 is 0 Å². The maximum atomic E-state index is 12.3. The number of phenolic OH excluding ortho intramolecular Hbond substituents is 1. The number of rotatable bonds is 2. The first-order valence-corrected chi connectivity index (χ1v) is 7.24. The van der Waals surface area contributed by atoms with Crippen LogP contribution in [0.15, 0.2) is 21.3 Å². The van der Waals surface area contributed by atoms with Crippen LogP contribution < -0.4 is 22.7 Å². The smallest absolute Gasteiger partial charge is 0.195 e. The number of fused-ring (bicyclic) bond motifs is 1. The Morgan fingerprint density at radius 2 is 1.91 bits per heavy atom. The number of phenols is 1. The predicted octanol–water partition coefficient (Wildman–Crippen LogP) is -2.47. The number of aromatic hydroxyl groups is 1. The molecule has 0 bridgehead atoms. The third-order valence-corrected chi connectivity index (χ3v) is 4.23. The van der Waals surface area contributed by atoms with Crippen molar-refractivity contribution in [2.24, 2.45) is 0 Å². The molecule has 2 heterocycles. The largest absolute Gasteiger partial charge is 1.00 e. The molecule has 1 aliphatic rings. The molecule has 2 N–H and O–H groups in total. The van der Waals surface area contributed by atoms with Crippen LogP contribution in [0.3, 0.4) is 0 Å². The molecule has 0 radical (unpaired) electrons. The molecular weight excluding hydrogens is 306 g/mol. The van der Waals surface area contributed by atoms with Crippen LogP contribution in [-0.2, 0) is 11.3 Å². The number of hydrogen-bond acceptors (Lipinski definition) is 4. The molecule has 22 heavy (non-hydrogen) atoms. The summed E-state index contributed by atoms with van der Waals surface area (Å²) in [6.07, 6.45) is 0. The Balaban J connectivity index is 0.00000176. The van der Waals surface area contributed by atoms with Crippen molar-refractivity contribution in [2.75, 3.05) is 26.3 Å². The quantitative estimate of drug-likeness (QED) is 0.643. The SMILES string of the molecule is Cc1oc2c(C[NH+]3CCOCC3)c(O)ccc2c(=O)c1C.[Cl-]. The lowest BCUT2D eigenvalue weighted by molar-refractivity contribution is -0.921. The van der Waals surface area contributed by atoms with E-state index in [-0.39, 0.29) is 23.6 Å². The Bertz CT molecular complexity index is 735. The molecule has 0 unspecified atom stereocenters. The van der Waals surface area contributed by atoms with Crippen LogP contribution in [0, 0.1) is 13.8 Å². The van der Waals surface area contributed by atoms with E-state index in [1.807, 2.05) is 0 Å². The zero-order valence-electron chi connectivity index (χ0n) is 12.7. The molecule has 120 valence electrons. The Morgan fingerprint density at radius 1 is 1.23 bits per heavy atom. The van der Waals surface area contributed by atoms with E-state index in [9.17, 15) is 9.90 Å². The number of ether oxygens (including phenoxy) is 1. The first kappa shape index (κ1) is 16.8. The predicted molar refractivity (Wildman–Crippen MR) is 78.8 cm³/mol. The lowest BCUT2D eigenvalue weighted by Crippen LogP contribution is -3.12. The zero-order chi connectivity index (χ0) is 15.0. The molecule has 0 aliphatic carbocycles. The first-order valence-electron chi connectivity index (χ1n) is 7.24. The lowest BCUT2D eigenvalue weighted by atomic mass is 10.1. The molecule has 3 rings (SSSR count). The van der Waals surface area contributed by atoms with Gasteiger partial charge in [-0.1, -0.05) is 0 Å². The van der Waals surface area contributed by atoms with Crippen LogP contribution >= 0.6 is 0 Å². The molecule has 0 atom stereocenters. The second kappa shape index (κ2) is 6.69. The van der Waals surface area contributed by atoms with Gasteiger partial charge in [-0.05, 0) is 26.0 Å². The van der Waals surface area contributed by atoms with Crippen LogP contribution in [0.1, 0.15) is 16.9 Å². The second-order valence-corrected chi connectivity index (χ2v) is 5.59. The average molecular weight is 326 g/mol. The Kier molecular flexibility index (Phi) is 5.11. The van der Waals surface area contributed by atoms with Crippen molar-refractivity contribution in [1.29, 1.82) is 0 Å². The van der Waals surface area contributed by atoms with Gasteiger partial charge in [-0.15, -0.1) is 0 Å². The molecule has 1 saturated heterocycles. The maximum Gasteiger partial charge on any atom is 0.195 e. The van der Waals surface area contributed by atoms with Gasteiger partial charge in [0.25, 0.3) is 0 Å². The summed E-state index contributed by atoms with van der Waals surface area (Å²) in [7, 11) is 0. The number of nitrogens with one attached hydrogen (secondary N) is 1. The Labute approximate surface area is 134 Å². The Hall–Kier alpha value is -1.56. The van der Waals surface area contributed by atoms with Crippen LogP contribution in [0.4, 0.5) is 0 Å². The molecule has 6 heteroatoms. The minimum atomic E-state index is -0.0213. The van der Waals surface area contributed by atoms with E-state index in [4.69, 9.17) is 9.15 Å². The van der Waals surface area contributed by atoms with Crippen molar-refractivity contribution in [3.05, 3.63) is 39.2 Å². The van der Waals surface area contributed by atoms with Crippen molar-refractivity contribution < 1.29 is 31.6 Å². The average Bonchev–Trinajstić information content (AvgIpc) is 2.49.